The highest BCUT2D eigenvalue weighted by Crippen LogP contribution is 2.23. The van der Waals surface area contributed by atoms with E-state index in [0.717, 1.165) is 11.1 Å². The molecule has 0 aromatic heterocycles. The number of benzene rings is 3. The zero-order valence-corrected chi connectivity index (χ0v) is 20.7. The molecule has 0 aliphatic heterocycles. The summed E-state index contributed by atoms with van der Waals surface area (Å²) < 4.78 is 10.5. The predicted molar refractivity (Wildman–Crippen MR) is 137 cm³/mol. The third-order valence-corrected chi connectivity index (χ3v) is 5.63. The van der Waals surface area contributed by atoms with Gasteiger partial charge in [-0.3, -0.25) is 0 Å². The second kappa shape index (κ2) is 12.6. The first-order valence-electron chi connectivity index (χ1n) is 9.98. The normalized spacial score (nSPS) is 11.2. The van der Waals surface area contributed by atoms with Crippen LogP contribution < -0.4 is 0 Å². The van der Waals surface area contributed by atoms with E-state index < -0.39 is 11.9 Å². The Bertz CT molecular complexity index is 1140. The largest absolute Gasteiger partial charge is 0.458 e. The standard InChI is InChI=1S/C26H18Cl4O4/c27-21-9-5-19(23(29)13-21)7-11-25(31)33-15-17-1-2-18(4-3-17)16-34-26(32)12-8-20-6-10-22(28)14-24(20)30/h1-14H,15-16H2. The van der Waals surface area contributed by atoms with E-state index >= 15 is 0 Å². The third kappa shape index (κ3) is 8.23. The number of ether oxygens (including phenoxy) is 2. The van der Waals surface area contributed by atoms with Crippen molar-refractivity contribution in [3.8, 4) is 0 Å². The van der Waals surface area contributed by atoms with Crippen molar-refractivity contribution >= 4 is 70.5 Å². The molecular weight excluding hydrogens is 518 g/mol. The second-order valence-corrected chi connectivity index (χ2v) is 8.72. The molecule has 3 aromatic carbocycles. The lowest BCUT2D eigenvalue weighted by Gasteiger charge is -2.06. The van der Waals surface area contributed by atoms with Gasteiger partial charge in [-0.15, -0.1) is 0 Å². The summed E-state index contributed by atoms with van der Waals surface area (Å²) in [5.41, 5.74) is 2.90. The Kier molecular flexibility index (Phi) is 9.61. The number of carbonyl (C=O) groups is 2. The molecule has 0 spiro atoms. The molecule has 0 saturated carbocycles. The van der Waals surface area contributed by atoms with Gasteiger partial charge in [0.2, 0.25) is 0 Å². The van der Waals surface area contributed by atoms with Gasteiger partial charge in [0.05, 0.1) is 0 Å². The number of esters is 2. The molecule has 34 heavy (non-hydrogen) atoms. The van der Waals surface area contributed by atoms with Crippen LogP contribution in [0.15, 0.2) is 72.8 Å². The highest BCUT2D eigenvalue weighted by molar-refractivity contribution is 6.36. The second-order valence-electron chi connectivity index (χ2n) is 7.03. The summed E-state index contributed by atoms with van der Waals surface area (Å²) in [7, 11) is 0. The van der Waals surface area contributed by atoms with Crippen LogP contribution in [0.3, 0.4) is 0 Å². The molecule has 0 heterocycles. The van der Waals surface area contributed by atoms with Crippen LogP contribution in [-0.4, -0.2) is 11.9 Å². The maximum absolute atomic E-state index is 12.0. The Morgan fingerprint density at radius 2 is 1.00 bits per heavy atom. The highest BCUT2D eigenvalue weighted by Gasteiger charge is 2.04. The molecule has 174 valence electrons. The zero-order chi connectivity index (χ0) is 24.5. The van der Waals surface area contributed by atoms with Gasteiger partial charge in [0.15, 0.2) is 0 Å². The molecule has 0 bridgehead atoms. The van der Waals surface area contributed by atoms with Gasteiger partial charge in [0.1, 0.15) is 13.2 Å². The molecule has 0 fully saturated rings. The van der Waals surface area contributed by atoms with Crippen molar-refractivity contribution in [3.05, 3.63) is 115 Å². The first kappa shape index (κ1) is 25.9. The van der Waals surface area contributed by atoms with E-state index in [9.17, 15) is 9.59 Å². The summed E-state index contributed by atoms with van der Waals surface area (Å²) in [6.45, 7) is 0.199. The molecule has 4 nitrogen and oxygen atoms in total. The van der Waals surface area contributed by atoms with Gasteiger partial charge < -0.3 is 9.47 Å². The predicted octanol–water partition coefficient (Wildman–Crippen LogP) is 7.81. The monoisotopic (exact) mass is 534 g/mol. The maximum Gasteiger partial charge on any atom is 0.331 e. The Hall–Kier alpha value is -2.76. The summed E-state index contributed by atoms with van der Waals surface area (Å²) in [5, 5.41) is 1.92. The quantitative estimate of drug-likeness (QED) is 0.218. The van der Waals surface area contributed by atoms with Crippen LogP contribution in [0.25, 0.3) is 12.2 Å². The van der Waals surface area contributed by atoms with Gasteiger partial charge in [0.25, 0.3) is 0 Å². The third-order valence-electron chi connectivity index (χ3n) is 4.51. The number of rotatable bonds is 8. The summed E-state index contributed by atoms with van der Waals surface area (Å²) >= 11 is 23.8. The summed E-state index contributed by atoms with van der Waals surface area (Å²) in [6.07, 6.45) is 5.73. The van der Waals surface area contributed by atoms with Crippen LogP contribution in [-0.2, 0) is 32.3 Å². The van der Waals surface area contributed by atoms with Gasteiger partial charge in [-0.1, -0.05) is 82.8 Å². The molecular formula is C26H18Cl4O4. The Balaban J connectivity index is 1.44. The van der Waals surface area contributed by atoms with Gasteiger partial charge in [-0.25, -0.2) is 9.59 Å². The molecule has 0 unspecified atom stereocenters. The molecule has 3 rings (SSSR count). The smallest absolute Gasteiger partial charge is 0.331 e. The molecule has 0 aliphatic rings. The number of carbonyl (C=O) groups excluding carboxylic acids is 2. The molecule has 0 atom stereocenters. The first-order chi connectivity index (χ1) is 16.3. The van der Waals surface area contributed by atoms with Crippen molar-refractivity contribution in [2.24, 2.45) is 0 Å². The fraction of sp³-hybridized carbons (Fsp3) is 0.0769. The van der Waals surface area contributed by atoms with Crippen LogP contribution in [0.5, 0.6) is 0 Å². The minimum Gasteiger partial charge on any atom is -0.458 e. The van der Waals surface area contributed by atoms with E-state index in [1.165, 1.54) is 12.2 Å². The van der Waals surface area contributed by atoms with Crippen molar-refractivity contribution in [2.45, 2.75) is 13.2 Å². The summed E-state index contributed by atoms with van der Waals surface area (Å²) in [5.74, 6) is -1.01. The fourth-order valence-electron chi connectivity index (χ4n) is 2.73. The van der Waals surface area contributed by atoms with E-state index in [1.54, 1.807) is 72.8 Å². The molecule has 3 aromatic rings. The van der Waals surface area contributed by atoms with Gasteiger partial charge in [-0.2, -0.15) is 0 Å². The minimum absolute atomic E-state index is 0.0994. The first-order valence-corrected chi connectivity index (χ1v) is 11.5. The van der Waals surface area contributed by atoms with Crippen molar-refractivity contribution in [1.29, 1.82) is 0 Å². The number of hydrogen-bond donors (Lipinski definition) is 0. The van der Waals surface area contributed by atoms with Crippen LogP contribution in [0.2, 0.25) is 20.1 Å². The average Bonchev–Trinajstić information content (AvgIpc) is 2.81. The maximum atomic E-state index is 12.0. The lowest BCUT2D eigenvalue weighted by molar-refractivity contribution is -0.139. The van der Waals surface area contributed by atoms with E-state index in [0.29, 0.717) is 31.2 Å². The average molecular weight is 536 g/mol. The molecule has 8 heteroatoms. The van der Waals surface area contributed by atoms with Crippen molar-refractivity contribution in [2.75, 3.05) is 0 Å². The van der Waals surface area contributed by atoms with Crippen molar-refractivity contribution in [1.82, 2.24) is 0 Å². The Morgan fingerprint density at radius 1 is 0.618 bits per heavy atom. The lowest BCUT2D eigenvalue weighted by atomic mass is 10.1. The number of hydrogen-bond acceptors (Lipinski definition) is 4. The minimum atomic E-state index is -0.503. The molecule has 0 N–H and O–H groups in total. The highest BCUT2D eigenvalue weighted by atomic mass is 35.5. The van der Waals surface area contributed by atoms with Crippen molar-refractivity contribution < 1.29 is 19.1 Å². The Labute approximate surface area is 217 Å². The van der Waals surface area contributed by atoms with E-state index in [4.69, 9.17) is 55.9 Å². The van der Waals surface area contributed by atoms with Gasteiger partial charge >= 0.3 is 11.9 Å². The van der Waals surface area contributed by atoms with E-state index in [-0.39, 0.29) is 13.2 Å². The van der Waals surface area contributed by atoms with Crippen LogP contribution >= 0.6 is 46.4 Å². The fourth-order valence-corrected chi connectivity index (χ4v) is 3.67. The molecule has 0 amide bonds. The zero-order valence-electron chi connectivity index (χ0n) is 17.6. The Morgan fingerprint density at radius 3 is 1.35 bits per heavy atom. The summed E-state index contributed by atoms with van der Waals surface area (Å²) in [4.78, 5) is 23.9. The number of halogens is 4. The van der Waals surface area contributed by atoms with Gasteiger partial charge in [-0.05, 0) is 58.7 Å². The van der Waals surface area contributed by atoms with E-state index in [2.05, 4.69) is 0 Å². The molecule has 0 aliphatic carbocycles. The molecule has 0 saturated heterocycles. The van der Waals surface area contributed by atoms with E-state index in [1.807, 2.05) is 0 Å². The SMILES string of the molecule is O=C(C=Cc1ccc(Cl)cc1Cl)OCc1ccc(COC(=O)C=Cc2ccc(Cl)cc2Cl)cc1. The molecule has 0 radical (unpaired) electrons. The topological polar surface area (TPSA) is 52.6 Å². The van der Waals surface area contributed by atoms with Crippen LogP contribution in [0.1, 0.15) is 22.3 Å². The van der Waals surface area contributed by atoms with Gasteiger partial charge in [0, 0.05) is 32.2 Å². The van der Waals surface area contributed by atoms with Crippen LogP contribution in [0, 0.1) is 0 Å². The van der Waals surface area contributed by atoms with Crippen molar-refractivity contribution in [3.63, 3.8) is 0 Å². The van der Waals surface area contributed by atoms with Crippen LogP contribution in [0.4, 0.5) is 0 Å². The summed E-state index contributed by atoms with van der Waals surface area (Å²) in [6, 6.07) is 17.1. The lowest BCUT2D eigenvalue weighted by Crippen LogP contribution is -2.02.